The number of anilines is 1. The van der Waals surface area contributed by atoms with Gasteiger partial charge in [0.15, 0.2) is 11.6 Å². The number of Topliss-reactive ketones (excluding diaryl/α,β-unsaturated/α-hetero) is 2. The monoisotopic (exact) mass is 352 g/mol. The van der Waals surface area contributed by atoms with E-state index in [-0.39, 0.29) is 22.5 Å². The summed E-state index contributed by atoms with van der Waals surface area (Å²) < 4.78 is 0. The van der Waals surface area contributed by atoms with Gasteiger partial charge in [0.05, 0.1) is 0 Å². The first-order chi connectivity index (χ1) is 12.2. The molecule has 0 atom stereocenters. The largest absolute Gasteiger partial charge is 0.325 e. The highest BCUT2D eigenvalue weighted by molar-refractivity contribution is 6.07. The molecule has 0 aliphatic heterocycles. The normalized spacial score (nSPS) is 15.3. The van der Waals surface area contributed by atoms with Crippen LogP contribution in [0.15, 0.2) is 35.1 Å². The molecule has 2 aromatic rings. The van der Waals surface area contributed by atoms with Crippen LogP contribution in [-0.2, 0) is 6.42 Å². The zero-order valence-electron chi connectivity index (χ0n) is 14.9. The van der Waals surface area contributed by atoms with Crippen molar-refractivity contribution in [3.63, 3.8) is 0 Å². The highest BCUT2D eigenvalue weighted by atomic mass is 16.2. The number of hydrogen-bond acceptors (Lipinski definition) is 4. The maximum atomic E-state index is 12.5. The second-order valence-electron chi connectivity index (χ2n) is 7.43. The molecule has 1 heterocycles. The Morgan fingerprint density at radius 3 is 2.35 bits per heavy atom. The number of carbonyl (C=O) groups is 3. The number of pyridine rings is 1. The number of rotatable bonds is 3. The summed E-state index contributed by atoms with van der Waals surface area (Å²) in [4.78, 5) is 51.1. The van der Waals surface area contributed by atoms with Gasteiger partial charge in [-0.3, -0.25) is 19.2 Å². The summed E-state index contributed by atoms with van der Waals surface area (Å²) in [6.45, 7) is 5.40. The van der Waals surface area contributed by atoms with E-state index in [1.54, 1.807) is 24.3 Å². The number of aromatic amines is 1. The number of ketones is 2. The van der Waals surface area contributed by atoms with Crippen LogP contribution in [0.1, 0.15) is 64.0 Å². The SMILES string of the molecule is CC(=O)c1ccc(NC(=O)c2cc3c([nH]c2=O)CC(C)(C)CC3=O)cc1. The summed E-state index contributed by atoms with van der Waals surface area (Å²) >= 11 is 0. The molecule has 0 radical (unpaired) electrons. The van der Waals surface area contributed by atoms with Crippen molar-refractivity contribution in [1.82, 2.24) is 4.98 Å². The van der Waals surface area contributed by atoms with Crippen LogP contribution in [0.2, 0.25) is 0 Å². The maximum Gasteiger partial charge on any atom is 0.261 e. The summed E-state index contributed by atoms with van der Waals surface area (Å²) in [5.41, 5.74) is 1.14. The van der Waals surface area contributed by atoms with Gasteiger partial charge in [0.1, 0.15) is 5.56 Å². The second kappa shape index (κ2) is 6.37. The van der Waals surface area contributed by atoms with Crippen LogP contribution in [0.5, 0.6) is 0 Å². The van der Waals surface area contributed by atoms with E-state index in [1.165, 1.54) is 13.0 Å². The average molecular weight is 352 g/mol. The number of hydrogen-bond donors (Lipinski definition) is 2. The smallest absolute Gasteiger partial charge is 0.261 e. The fourth-order valence-corrected chi connectivity index (χ4v) is 3.18. The first-order valence-corrected chi connectivity index (χ1v) is 8.38. The summed E-state index contributed by atoms with van der Waals surface area (Å²) in [5.74, 6) is -0.745. The molecule has 134 valence electrons. The fraction of sp³-hybridized carbons (Fsp3) is 0.300. The van der Waals surface area contributed by atoms with Gasteiger partial charge in [0, 0.05) is 28.9 Å². The molecule has 6 nitrogen and oxygen atoms in total. The fourth-order valence-electron chi connectivity index (χ4n) is 3.18. The summed E-state index contributed by atoms with van der Waals surface area (Å²) in [5, 5.41) is 2.62. The van der Waals surface area contributed by atoms with Crippen molar-refractivity contribution in [3.05, 3.63) is 63.1 Å². The zero-order chi connectivity index (χ0) is 19.1. The zero-order valence-corrected chi connectivity index (χ0v) is 14.9. The number of nitrogens with one attached hydrogen (secondary N) is 2. The molecule has 1 aromatic carbocycles. The lowest BCUT2D eigenvalue weighted by molar-refractivity contribution is 0.0909. The lowest BCUT2D eigenvalue weighted by atomic mass is 9.75. The van der Waals surface area contributed by atoms with E-state index in [9.17, 15) is 19.2 Å². The Bertz CT molecular complexity index is 968. The lowest BCUT2D eigenvalue weighted by Crippen LogP contribution is -2.32. The predicted molar refractivity (Wildman–Crippen MR) is 97.9 cm³/mol. The van der Waals surface area contributed by atoms with Crippen LogP contribution in [-0.4, -0.2) is 22.5 Å². The minimum atomic E-state index is -0.595. The highest BCUT2D eigenvalue weighted by Crippen LogP contribution is 2.33. The Kier molecular flexibility index (Phi) is 4.36. The van der Waals surface area contributed by atoms with Crippen LogP contribution in [0, 0.1) is 5.41 Å². The van der Waals surface area contributed by atoms with E-state index in [2.05, 4.69) is 10.3 Å². The standard InChI is InChI=1S/C20H20N2O4/c1-11(23)12-4-6-13(7-5-12)21-18(25)15-8-14-16(22-19(15)26)9-20(2,3)10-17(14)24/h4-8H,9-10H2,1-3H3,(H,21,25)(H,22,26). The number of fused-ring (bicyclic) bond motifs is 1. The Labute approximate surface area is 150 Å². The van der Waals surface area contributed by atoms with Crippen LogP contribution >= 0.6 is 0 Å². The van der Waals surface area contributed by atoms with Crippen molar-refractivity contribution in [2.45, 2.75) is 33.6 Å². The number of benzene rings is 1. The van der Waals surface area contributed by atoms with Gasteiger partial charge in [-0.1, -0.05) is 13.8 Å². The quantitative estimate of drug-likeness (QED) is 0.830. The summed E-state index contributed by atoms with van der Waals surface area (Å²) in [6, 6.07) is 7.76. The molecular formula is C20H20N2O4. The molecule has 0 spiro atoms. The van der Waals surface area contributed by atoms with E-state index in [0.29, 0.717) is 35.3 Å². The predicted octanol–water partition coefficient (Wildman–Crippen LogP) is 2.98. The van der Waals surface area contributed by atoms with Crippen LogP contribution < -0.4 is 10.9 Å². The minimum Gasteiger partial charge on any atom is -0.325 e. The van der Waals surface area contributed by atoms with Crippen molar-refractivity contribution in [2.75, 3.05) is 5.32 Å². The van der Waals surface area contributed by atoms with Gasteiger partial charge in [-0.05, 0) is 49.1 Å². The van der Waals surface area contributed by atoms with E-state index >= 15 is 0 Å². The van der Waals surface area contributed by atoms with E-state index in [0.717, 1.165) is 0 Å². The molecule has 3 rings (SSSR count). The Balaban J connectivity index is 1.89. The average Bonchev–Trinajstić information content (AvgIpc) is 2.53. The topological polar surface area (TPSA) is 96.1 Å². The molecule has 1 aliphatic rings. The molecular weight excluding hydrogens is 332 g/mol. The van der Waals surface area contributed by atoms with Gasteiger partial charge in [0.2, 0.25) is 0 Å². The van der Waals surface area contributed by atoms with Gasteiger partial charge in [-0.2, -0.15) is 0 Å². The van der Waals surface area contributed by atoms with Crippen molar-refractivity contribution in [3.8, 4) is 0 Å². The number of carbonyl (C=O) groups excluding carboxylic acids is 3. The van der Waals surface area contributed by atoms with Crippen molar-refractivity contribution >= 4 is 23.2 Å². The molecule has 1 amide bonds. The lowest BCUT2D eigenvalue weighted by Gasteiger charge is -2.29. The summed E-state index contributed by atoms with van der Waals surface area (Å²) in [6.07, 6.45) is 0.956. The third-order valence-electron chi connectivity index (χ3n) is 4.51. The molecule has 0 saturated carbocycles. The number of amides is 1. The molecule has 0 saturated heterocycles. The molecule has 1 aromatic heterocycles. The Hall–Kier alpha value is -3.02. The Morgan fingerprint density at radius 2 is 1.73 bits per heavy atom. The third kappa shape index (κ3) is 3.49. The van der Waals surface area contributed by atoms with Gasteiger partial charge in [-0.25, -0.2) is 0 Å². The molecule has 0 fully saturated rings. The maximum absolute atomic E-state index is 12.5. The molecule has 0 unspecified atom stereocenters. The molecule has 1 aliphatic carbocycles. The Morgan fingerprint density at radius 1 is 1.08 bits per heavy atom. The van der Waals surface area contributed by atoms with Crippen LogP contribution in [0.3, 0.4) is 0 Å². The van der Waals surface area contributed by atoms with Gasteiger partial charge in [0.25, 0.3) is 11.5 Å². The molecule has 26 heavy (non-hydrogen) atoms. The third-order valence-corrected chi connectivity index (χ3v) is 4.51. The van der Waals surface area contributed by atoms with Gasteiger partial charge < -0.3 is 10.3 Å². The van der Waals surface area contributed by atoms with Gasteiger partial charge >= 0.3 is 0 Å². The first-order valence-electron chi connectivity index (χ1n) is 8.38. The van der Waals surface area contributed by atoms with Crippen LogP contribution in [0.4, 0.5) is 5.69 Å². The van der Waals surface area contributed by atoms with Crippen molar-refractivity contribution in [2.24, 2.45) is 5.41 Å². The number of aromatic nitrogens is 1. The number of H-pyrrole nitrogens is 1. The second-order valence-corrected chi connectivity index (χ2v) is 7.43. The van der Waals surface area contributed by atoms with Crippen LogP contribution in [0.25, 0.3) is 0 Å². The minimum absolute atomic E-state index is 0.0737. The van der Waals surface area contributed by atoms with E-state index < -0.39 is 11.5 Å². The van der Waals surface area contributed by atoms with Crippen molar-refractivity contribution < 1.29 is 14.4 Å². The molecule has 6 heteroatoms. The van der Waals surface area contributed by atoms with Gasteiger partial charge in [-0.15, -0.1) is 0 Å². The summed E-state index contributed by atoms with van der Waals surface area (Å²) in [7, 11) is 0. The van der Waals surface area contributed by atoms with Crippen molar-refractivity contribution in [1.29, 1.82) is 0 Å². The van der Waals surface area contributed by atoms with E-state index in [1.807, 2.05) is 13.8 Å². The molecule has 0 bridgehead atoms. The highest BCUT2D eigenvalue weighted by Gasteiger charge is 2.32. The van der Waals surface area contributed by atoms with E-state index in [4.69, 9.17) is 0 Å². The first kappa shape index (κ1) is 17.8. The molecule has 2 N–H and O–H groups in total.